The van der Waals surface area contributed by atoms with Crippen LogP contribution in [0.2, 0.25) is 0 Å². The number of primary amides is 1. The smallest absolute Gasteiger partial charge is 0.292 e. The summed E-state index contributed by atoms with van der Waals surface area (Å²) in [6, 6.07) is 5.83. The summed E-state index contributed by atoms with van der Waals surface area (Å²) in [6.07, 6.45) is 3.36. The second-order valence-electron chi connectivity index (χ2n) is 4.51. The zero-order valence-corrected chi connectivity index (χ0v) is 11.4. The molecule has 7 heteroatoms. The molecule has 0 saturated heterocycles. The highest BCUT2D eigenvalue weighted by Crippen LogP contribution is 2.26. The zero-order chi connectivity index (χ0) is 15.4. The Morgan fingerprint density at radius 3 is 2.81 bits per heavy atom. The largest absolute Gasteiger partial charge is 0.375 e. The molecule has 0 spiro atoms. The van der Waals surface area contributed by atoms with Gasteiger partial charge in [-0.1, -0.05) is 0 Å². The van der Waals surface area contributed by atoms with E-state index in [1.165, 1.54) is 18.2 Å². The summed E-state index contributed by atoms with van der Waals surface area (Å²) in [5.41, 5.74) is 7.48. The number of nitro benzene ring substituents is 1. The van der Waals surface area contributed by atoms with Gasteiger partial charge in [-0.2, -0.15) is 0 Å². The first-order valence-corrected chi connectivity index (χ1v) is 6.20. The number of nitrogens with two attached hydrogens (primary N) is 1. The van der Waals surface area contributed by atoms with Gasteiger partial charge in [-0.3, -0.25) is 19.9 Å². The van der Waals surface area contributed by atoms with Crippen molar-refractivity contribution in [3.8, 4) is 0 Å². The predicted molar refractivity (Wildman–Crippen MR) is 77.9 cm³/mol. The maximum atomic E-state index is 11.2. The second-order valence-corrected chi connectivity index (χ2v) is 4.51. The molecule has 1 aromatic carbocycles. The average Bonchev–Trinajstić information content (AvgIpc) is 2.46. The number of benzene rings is 1. The molecule has 0 aliphatic heterocycles. The van der Waals surface area contributed by atoms with Gasteiger partial charge in [0, 0.05) is 30.6 Å². The number of carbonyl (C=O) groups excluding carboxylic acids is 1. The van der Waals surface area contributed by atoms with Crippen LogP contribution in [0, 0.1) is 17.0 Å². The van der Waals surface area contributed by atoms with Gasteiger partial charge in [0.25, 0.3) is 5.69 Å². The van der Waals surface area contributed by atoms with E-state index < -0.39 is 10.8 Å². The van der Waals surface area contributed by atoms with Gasteiger partial charge in [-0.15, -0.1) is 0 Å². The van der Waals surface area contributed by atoms with Gasteiger partial charge in [0.15, 0.2) is 0 Å². The van der Waals surface area contributed by atoms with Crippen molar-refractivity contribution in [3.63, 3.8) is 0 Å². The molecule has 0 unspecified atom stereocenters. The summed E-state index contributed by atoms with van der Waals surface area (Å²) in [5, 5.41) is 14.0. The molecule has 0 fully saturated rings. The summed E-state index contributed by atoms with van der Waals surface area (Å²) < 4.78 is 0. The standard InChI is InChI=1S/C14H14N4O3/c1-9-4-5-16-7-11(9)8-17-12-6-10(14(15)19)2-3-13(12)18(20)21/h2-7,17H,8H2,1H3,(H2,15,19). The topological polar surface area (TPSA) is 111 Å². The third-order valence-corrected chi connectivity index (χ3v) is 3.09. The molecule has 0 bridgehead atoms. The number of pyridine rings is 1. The van der Waals surface area contributed by atoms with Crippen LogP contribution in [0.3, 0.4) is 0 Å². The van der Waals surface area contributed by atoms with E-state index in [9.17, 15) is 14.9 Å². The Labute approximate surface area is 121 Å². The van der Waals surface area contributed by atoms with Gasteiger partial charge in [0.05, 0.1) is 4.92 Å². The number of nitro groups is 1. The van der Waals surface area contributed by atoms with E-state index in [4.69, 9.17) is 5.73 Å². The Morgan fingerprint density at radius 2 is 2.19 bits per heavy atom. The SMILES string of the molecule is Cc1ccncc1CNc1cc(C(N)=O)ccc1[N+](=O)[O-]. The quantitative estimate of drug-likeness (QED) is 0.645. The van der Waals surface area contributed by atoms with E-state index in [0.29, 0.717) is 6.54 Å². The fourth-order valence-corrected chi connectivity index (χ4v) is 1.86. The number of nitrogens with zero attached hydrogens (tertiary/aromatic N) is 2. The molecule has 1 heterocycles. The molecule has 0 radical (unpaired) electrons. The van der Waals surface area contributed by atoms with Crippen LogP contribution in [0.5, 0.6) is 0 Å². The van der Waals surface area contributed by atoms with Crippen molar-refractivity contribution >= 4 is 17.3 Å². The van der Waals surface area contributed by atoms with Crippen LogP contribution in [-0.4, -0.2) is 15.8 Å². The molecule has 0 saturated carbocycles. The van der Waals surface area contributed by atoms with Gasteiger partial charge in [-0.05, 0) is 36.2 Å². The molecule has 0 aliphatic rings. The van der Waals surface area contributed by atoms with E-state index >= 15 is 0 Å². The number of aromatic nitrogens is 1. The maximum absolute atomic E-state index is 11.2. The Hall–Kier alpha value is -2.96. The average molecular weight is 286 g/mol. The molecule has 2 aromatic rings. The van der Waals surface area contributed by atoms with Crippen LogP contribution in [0.25, 0.3) is 0 Å². The Kier molecular flexibility index (Phi) is 4.13. The van der Waals surface area contributed by atoms with E-state index in [0.717, 1.165) is 11.1 Å². The van der Waals surface area contributed by atoms with Crippen molar-refractivity contribution in [2.75, 3.05) is 5.32 Å². The molecule has 21 heavy (non-hydrogen) atoms. The molecule has 0 aliphatic carbocycles. The lowest BCUT2D eigenvalue weighted by molar-refractivity contribution is -0.384. The number of hydrogen-bond donors (Lipinski definition) is 2. The Bertz CT molecular complexity index is 700. The fraction of sp³-hybridized carbons (Fsp3) is 0.143. The minimum Gasteiger partial charge on any atom is -0.375 e. The highest BCUT2D eigenvalue weighted by molar-refractivity contribution is 5.94. The van der Waals surface area contributed by atoms with Crippen molar-refractivity contribution in [1.29, 1.82) is 0 Å². The molecule has 1 aromatic heterocycles. The van der Waals surface area contributed by atoms with E-state index in [1.807, 2.05) is 13.0 Å². The minimum atomic E-state index is -0.634. The molecule has 108 valence electrons. The highest BCUT2D eigenvalue weighted by Gasteiger charge is 2.15. The second kappa shape index (κ2) is 6.00. The number of amides is 1. The summed E-state index contributed by atoms with van der Waals surface area (Å²) >= 11 is 0. The van der Waals surface area contributed by atoms with Crippen LogP contribution in [0.15, 0.2) is 36.7 Å². The van der Waals surface area contributed by atoms with Crippen LogP contribution in [0.4, 0.5) is 11.4 Å². The molecule has 0 atom stereocenters. The zero-order valence-electron chi connectivity index (χ0n) is 11.4. The third kappa shape index (κ3) is 3.33. The molecular weight excluding hydrogens is 272 g/mol. The molecule has 1 amide bonds. The van der Waals surface area contributed by atoms with Crippen molar-refractivity contribution in [2.45, 2.75) is 13.5 Å². The summed E-state index contributed by atoms with van der Waals surface area (Å²) in [6.45, 7) is 2.29. The summed E-state index contributed by atoms with van der Waals surface area (Å²) in [5.74, 6) is -0.634. The lowest BCUT2D eigenvalue weighted by Crippen LogP contribution is -2.12. The Morgan fingerprint density at radius 1 is 1.43 bits per heavy atom. The number of aryl methyl sites for hydroxylation is 1. The van der Waals surface area contributed by atoms with Gasteiger partial charge < -0.3 is 11.1 Å². The van der Waals surface area contributed by atoms with Crippen LogP contribution < -0.4 is 11.1 Å². The number of nitrogens with one attached hydrogen (secondary N) is 1. The van der Waals surface area contributed by atoms with Crippen LogP contribution >= 0.6 is 0 Å². The van der Waals surface area contributed by atoms with Crippen molar-refractivity contribution < 1.29 is 9.72 Å². The highest BCUT2D eigenvalue weighted by atomic mass is 16.6. The molecule has 7 nitrogen and oxygen atoms in total. The summed E-state index contributed by atoms with van der Waals surface area (Å²) in [4.78, 5) is 25.7. The minimum absolute atomic E-state index is 0.110. The van der Waals surface area contributed by atoms with Gasteiger partial charge in [0.1, 0.15) is 5.69 Å². The van der Waals surface area contributed by atoms with Gasteiger partial charge in [-0.25, -0.2) is 0 Å². The van der Waals surface area contributed by atoms with Crippen molar-refractivity contribution in [1.82, 2.24) is 4.98 Å². The lowest BCUT2D eigenvalue weighted by Gasteiger charge is -2.09. The van der Waals surface area contributed by atoms with E-state index in [-0.39, 0.29) is 16.9 Å². The van der Waals surface area contributed by atoms with Crippen molar-refractivity contribution in [2.24, 2.45) is 5.73 Å². The number of carbonyl (C=O) groups is 1. The molecular formula is C14H14N4O3. The normalized spacial score (nSPS) is 10.1. The number of anilines is 1. The van der Waals surface area contributed by atoms with Gasteiger partial charge in [0.2, 0.25) is 5.91 Å². The van der Waals surface area contributed by atoms with Crippen LogP contribution in [0.1, 0.15) is 21.5 Å². The molecule has 3 N–H and O–H groups in total. The third-order valence-electron chi connectivity index (χ3n) is 3.09. The monoisotopic (exact) mass is 286 g/mol. The lowest BCUT2D eigenvalue weighted by atomic mass is 10.1. The number of rotatable bonds is 5. The van der Waals surface area contributed by atoms with E-state index in [1.54, 1.807) is 12.4 Å². The van der Waals surface area contributed by atoms with Crippen molar-refractivity contribution in [3.05, 3.63) is 63.5 Å². The van der Waals surface area contributed by atoms with Crippen LogP contribution in [-0.2, 0) is 6.54 Å². The molecule has 2 rings (SSSR count). The fourth-order valence-electron chi connectivity index (χ4n) is 1.86. The van der Waals surface area contributed by atoms with Gasteiger partial charge >= 0.3 is 0 Å². The summed E-state index contributed by atoms with van der Waals surface area (Å²) in [7, 11) is 0. The van der Waals surface area contributed by atoms with E-state index in [2.05, 4.69) is 10.3 Å². The number of hydrogen-bond acceptors (Lipinski definition) is 5. The Balaban J connectivity index is 2.29. The maximum Gasteiger partial charge on any atom is 0.292 e. The predicted octanol–water partition coefficient (Wildman–Crippen LogP) is 2.01. The first-order valence-electron chi connectivity index (χ1n) is 6.20. The first-order chi connectivity index (χ1) is 9.99. The first kappa shape index (κ1) is 14.4.